The van der Waals surface area contributed by atoms with Crippen LogP contribution in [0, 0.1) is 6.92 Å². The molecule has 28 heavy (non-hydrogen) atoms. The number of aromatic nitrogens is 2. The molecule has 4 rings (SSSR count). The molecule has 3 aromatic rings. The summed E-state index contributed by atoms with van der Waals surface area (Å²) in [6.07, 6.45) is 3.30. The Hall–Kier alpha value is -2.77. The van der Waals surface area contributed by atoms with Gasteiger partial charge in [0.1, 0.15) is 11.6 Å². The van der Waals surface area contributed by atoms with Crippen molar-refractivity contribution in [2.45, 2.75) is 30.7 Å². The highest BCUT2D eigenvalue weighted by molar-refractivity contribution is 7.89. The van der Waals surface area contributed by atoms with Gasteiger partial charge in [0.15, 0.2) is 0 Å². The van der Waals surface area contributed by atoms with E-state index in [9.17, 15) is 8.42 Å². The third kappa shape index (κ3) is 3.63. The van der Waals surface area contributed by atoms with Crippen LogP contribution in [-0.4, -0.2) is 29.2 Å². The number of nitrogens with zero attached hydrogens (tertiary/aromatic N) is 3. The van der Waals surface area contributed by atoms with E-state index in [4.69, 9.17) is 4.98 Å². The molecule has 1 saturated heterocycles. The molecule has 2 aromatic heterocycles. The fourth-order valence-corrected chi connectivity index (χ4v) is 5.19. The lowest BCUT2D eigenvalue weighted by atomic mass is 10.1. The lowest BCUT2D eigenvalue weighted by Gasteiger charge is -2.24. The average molecular weight is 395 g/mol. The molecule has 1 aromatic carbocycles. The lowest BCUT2D eigenvalue weighted by Crippen LogP contribution is -2.31. The average Bonchev–Trinajstić information content (AvgIpc) is 3.22. The molecule has 0 unspecified atom stereocenters. The Morgan fingerprint density at radius 1 is 1.04 bits per heavy atom. The van der Waals surface area contributed by atoms with Gasteiger partial charge in [-0.15, -0.1) is 0 Å². The summed E-state index contributed by atoms with van der Waals surface area (Å²) in [4.78, 5) is 9.35. The molecule has 1 aliphatic rings. The van der Waals surface area contributed by atoms with Gasteiger partial charge in [-0.05, 0) is 55.7 Å². The molecule has 144 valence electrons. The second-order valence-electron chi connectivity index (χ2n) is 6.83. The molecule has 0 saturated carbocycles. The van der Waals surface area contributed by atoms with E-state index in [2.05, 4.69) is 10.3 Å². The van der Waals surface area contributed by atoms with Gasteiger partial charge in [0, 0.05) is 12.7 Å². The van der Waals surface area contributed by atoms with Gasteiger partial charge in [-0.2, -0.15) is 4.31 Å². The van der Waals surface area contributed by atoms with Crippen molar-refractivity contribution in [3.05, 3.63) is 78.1 Å². The summed E-state index contributed by atoms with van der Waals surface area (Å²) in [7, 11) is -3.55. The molecule has 3 heterocycles. The molecule has 6 nitrogen and oxygen atoms in total. The first kappa shape index (κ1) is 18.6. The van der Waals surface area contributed by atoms with Crippen LogP contribution in [0.3, 0.4) is 0 Å². The van der Waals surface area contributed by atoms with Crippen molar-refractivity contribution >= 4 is 21.7 Å². The van der Waals surface area contributed by atoms with Gasteiger partial charge < -0.3 is 5.32 Å². The van der Waals surface area contributed by atoms with Crippen molar-refractivity contribution in [3.8, 4) is 0 Å². The van der Waals surface area contributed by atoms with E-state index in [1.165, 1.54) is 0 Å². The van der Waals surface area contributed by atoms with E-state index in [0.717, 1.165) is 29.9 Å². The maximum Gasteiger partial charge on any atom is 0.243 e. The summed E-state index contributed by atoms with van der Waals surface area (Å²) < 4.78 is 27.8. The standard InChI is InChI=1S/C21H22N4O2S/c1-16-8-6-14-22-21(16)24-20-13-5-11-18(23-20)19-12-7-15-25(19)28(26,27)17-9-3-2-4-10-17/h2-6,8-11,13-14,19H,7,12,15H2,1H3,(H,22,23,24)/t19-/m0/s1. The Bertz CT molecular complexity index is 1070. The molecule has 1 fully saturated rings. The smallest absolute Gasteiger partial charge is 0.243 e. The maximum absolute atomic E-state index is 13.1. The highest BCUT2D eigenvalue weighted by Crippen LogP contribution is 2.36. The van der Waals surface area contributed by atoms with Gasteiger partial charge in [0.2, 0.25) is 10.0 Å². The topological polar surface area (TPSA) is 75.2 Å². The minimum absolute atomic E-state index is 0.267. The zero-order valence-corrected chi connectivity index (χ0v) is 16.4. The van der Waals surface area contributed by atoms with E-state index in [-0.39, 0.29) is 6.04 Å². The number of hydrogen-bond acceptors (Lipinski definition) is 5. The summed E-state index contributed by atoms with van der Waals surface area (Å²) in [6.45, 7) is 2.48. The summed E-state index contributed by atoms with van der Waals surface area (Å²) in [6, 6.07) is 17.8. The molecule has 0 aliphatic carbocycles. The first-order valence-corrected chi connectivity index (χ1v) is 10.7. The molecule has 0 spiro atoms. The molecule has 1 atom stereocenters. The van der Waals surface area contributed by atoms with Gasteiger partial charge in [-0.25, -0.2) is 18.4 Å². The van der Waals surface area contributed by atoms with Crippen LogP contribution in [0.5, 0.6) is 0 Å². The predicted molar refractivity (Wildman–Crippen MR) is 109 cm³/mol. The van der Waals surface area contributed by atoms with Crippen LogP contribution < -0.4 is 5.32 Å². The minimum Gasteiger partial charge on any atom is -0.325 e. The first-order valence-electron chi connectivity index (χ1n) is 9.28. The third-order valence-electron chi connectivity index (χ3n) is 4.92. The van der Waals surface area contributed by atoms with Gasteiger partial charge in [0.05, 0.1) is 16.6 Å². The number of anilines is 2. The van der Waals surface area contributed by atoms with E-state index < -0.39 is 10.0 Å². The predicted octanol–water partition coefficient (Wildman–Crippen LogP) is 4.05. The fourth-order valence-electron chi connectivity index (χ4n) is 3.50. The van der Waals surface area contributed by atoms with Crippen LogP contribution in [0.25, 0.3) is 0 Å². The Labute approximate surface area is 165 Å². The fraction of sp³-hybridized carbons (Fsp3) is 0.238. The second-order valence-corrected chi connectivity index (χ2v) is 8.72. The van der Waals surface area contributed by atoms with Crippen molar-refractivity contribution < 1.29 is 8.42 Å². The SMILES string of the molecule is Cc1cccnc1Nc1cccc([C@@H]2CCCN2S(=O)(=O)c2ccccc2)n1. The van der Waals surface area contributed by atoms with Crippen molar-refractivity contribution in [2.75, 3.05) is 11.9 Å². The number of aryl methyl sites for hydroxylation is 1. The molecule has 7 heteroatoms. The van der Waals surface area contributed by atoms with Crippen molar-refractivity contribution in [1.82, 2.24) is 14.3 Å². The third-order valence-corrected chi connectivity index (χ3v) is 6.84. The summed E-state index contributed by atoms with van der Waals surface area (Å²) in [5.74, 6) is 1.40. The first-order chi connectivity index (χ1) is 13.6. The van der Waals surface area contributed by atoms with Crippen molar-refractivity contribution in [2.24, 2.45) is 0 Å². The maximum atomic E-state index is 13.1. The summed E-state index contributed by atoms with van der Waals surface area (Å²) in [5.41, 5.74) is 1.76. The molecule has 0 amide bonds. The van der Waals surface area contributed by atoms with Crippen LogP contribution in [0.1, 0.15) is 30.1 Å². The zero-order chi connectivity index (χ0) is 19.6. The van der Waals surface area contributed by atoms with Crippen molar-refractivity contribution in [3.63, 3.8) is 0 Å². The van der Waals surface area contributed by atoms with E-state index in [0.29, 0.717) is 17.3 Å². The van der Waals surface area contributed by atoms with Gasteiger partial charge in [0.25, 0.3) is 0 Å². The minimum atomic E-state index is -3.55. The van der Waals surface area contributed by atoms with Crippen LogP contribution in [0.4, 0.5) is 11.6 Å². The quantitative estimate of drug-likeness (QED) is 0.706. The number of pyridine rings is 2. The highest BCUT2D eigenvalue weighted by Gasteiger charge is 2.36. The Kier molecular flexibility index (Phi) is 5.11. The molecular weight excluding hydrogens is 372 g/mol. The largest absolute Gasteiger partial charge is 0.325 e. The van der Waals surface area contributed by atoms with Crippen LogP contribution in [0.15, 0.2) is 71.8 Å². The number of nitrogens with one attached hydrogen (secondary N) is 1. The Morgan fingerprint density at radius 2 is 1.86 bits per heavy atom. The molecule has 1 aliphatic heterocycles. The number of rotatable bonds is 5. The van der Waals surface area contributed by atoms with Gasteiger partial charge in [-0.3, -0.25) is 0 Å². The van der Waals surface area contributed by atoms with Crippen LogP contribution in [-0.2, 0) is 10.0 Å². The number of benzene rings is 1. The van der Waals surface area contributed by atoms with E-state index >= 15 is 0 Å². The monoisotopic (exact) mass is 394 g/mol. The molecular formula is C21H22N4O2S. The molecule has 0 bridgehead atoms. The van der Waals surface area contributed by atoms with Crippen molar-refractivity contribution in [1.29, 1.82) is 0 Å². The van der Waals surface area contributed by atoms with Gasteiger partial charge in [-0.1, -0.05) is 30.3 Å². The van der Waals surface area contributed by atoms with Crippen LogP contribution >= 0.6 is 0 Å². The molecule has 0 radical (unpaired) electrons. The normalized spacial score (nSPS) is 17.5. The van der Waals surface area contributed by atoms with Crippen LogP contribution in [0.2, 0.25) is 0 Å². The van der Waals surface area contributed by atoms with Gasteiger partial charge >= 0.3 is 0 Å². The molecule has 1 N–H and O–H groups in total. The Morgan fingerprint density at radius 3 is 2.64 bits per heavy atom. The number of sulfonamides is 1. The Balaban J connectivity index is 1.63. The summed E-state index contributed by atoms with van der Waals surface area (Å²) >= 11 is 0. The second kappa shape index (κ2) is 7.69. The highest BCUT2D eigenvalue weighted by atomic mass is 32.2. The van der Waals surface area contributed by atoms with E-state index in [1.807, 2.05) is 43.3 Å². The van der Waals surface area contributed by atoms with E-state index in [1.54, 1.807) is 34.8 Å². The summed E-state index contributed by atoms with van der Waals surface area (Å²) in [5, 5.41) is 3.23. The zero-order valence-electron chi connectivity index (χ0n) is 15.6. The number of hydrogen-bond donors (Lipinski definition) is 1. The lowest BCUT2D eigenvalue weighted by molar-refractivity contribution is 0.391.